The van der Waals surface area contributed by atoms with Crippen molar-refractivity contribution in [3.63, 3.8) is 0 Å². The third-order valence-corrected chi connectivity index (χ3v) is 4.23. The van der Waals surface area contributed by atoms with E-state index in [0.717, 1.165) is 16.9 Å². The number of hydrogen-bond donors (Lipinski definition) is 1. The molecule has 7 nitrogen and oxygen atoms in total. The maximum Gasteiger partial charge on any atom is 0.254 e. The molecule has 8 heteroatoms. The Morgan fingerprint density at radius 1 is 1.27 bits per heavy atom. The molecule has 0 radical (unpaired) electrons. The number of halogens is 1. The van der Waals surface area contributed by atoms with E-state index in [1.165, 1.54) is 11.0 Å². The lowest BCUT2D eigenvalue weighted by molar-refractivity contribution is 0.0939. The molecule has 3 aromatic rings. The Kier molecular flexibility index (Phi) is 5.18. The molecule has 1 N–H and O–H groups in total. The number of aryl methyl sites for hydroxylation is 1. The van der Waals surface area contributed by atoms with Crippen molar-refractivity contribution in [2.45, 2.75) is 19.9 Å². The first-order valence-electron chi connectivity index (χ1n) is 7.98. The van der Waals surface area contributed by atoms with Crippen molar-refractivity contribution in [2.75, 3.05) is 7.11 Å². The maximum absolute atomic E-state index is 12.9. The van der Waals surface area contributed by atoms with Crippen LogP contribution in [0.5, 0.6) is 5.75 Å². The van der Waals surface area contributed by atoms with Crippen LogP contribution in [-0.4, -0.2) is 33.2 Å². The number of amides is 1. The third kappa shape index (κ3) is 3.67. The van der Waals surface area contributed by atoms with Crippen LogP contribution >= 0.6 is 11.6 Å². The van der Waals surface area contributed by atoms with Crippen LogP contribution in [0.4, 0.5) is 0 Å². The molecule has 1 amide bonds. The van der Waals surface area contributed by atoms with Gasteiger partial charge in [-0.1, -0.05) is 29.3 Å². The first kappa shape index (κ1) is 17.9. The topological polar surface area (TPSA) is 81.9 Å². The zero-order chi connectivity index (χ0) is 18.7. The van der Waals surface area contributed by atoms with E-state index in [1.807, 2.05) is 32.0 Å². The van der Waals surface area contributed by atoms with Crippen molar-refractivity contribution in [3.8, 4) is 11.4 Å². The average Bonchev–Trinajstić information content (AvgIpc) is 3.16. The standard InChI is InChI=1S/C18H18ClN5O2/c1-11-4-7-17(26-3)14(8-11)12(2)21-18(25)15-9-13(19)5-6-16(15)24-10-20-22-23-24/h4-10,12H,1-3H3,(H,21,25). The van der Waals surface area contributed by atoms with E-state index < -0.39 is 0 Å². The summed E-state index contributed by atoms with van der Waals surface area (Å²) < 4.78 is 6.83. The second-order valence-electron chi connectivity index (χ2n) is 5.86. The minimum absolute atomic E-state index is 0.266. The third-order valence-electron chi connectivity index (χ3n) is 4.00. The number of nitrogens with zero attached hydrogens (tertiary/aromatic N) is 4. The highest BCUT2D eigenvalue weighted by molar-refractivity contribution is 6.31. The van der Waals surface area contributed by atoms with E-state index in [1.54, 1.807) is 25.3 Å². The van der Waals surface area contributed by atoms with Gasteiger partial charge in [-0.2, -0.15) is 4.68 Å². The average molecular weight is 372 g/mol. The van der Waals surface area contributed by atoms with Crippen LogP contribution < -0.4 is 10.1 Å². The van der Waals surface area contributed by atoms with E-state index in [0.29, 0.717) is 16.3 Å². The second kappa shape index (κ2) is 7.53. The van der Waals surface area contributed by atoms with Crippen LogP contribution in [0.15, 0.2) is 42.7 Å². The molecule has 0 saturated heterocycles. The molecule has 26 heavy (non-hydrogen) atoms. The predicted molar refractivity (Wildman–Crippen MR) is 97.8 cm³/mol. The van der Waals surface area contributed by atoms with Crippen molar-refractivity contribution >= 4 is 17.5 Å². The highest BCUT2D eigenvalue weighted by atomic mass is 35.5. The molecular weight excluding hydrogens is 354 g/mol. The fraction of sp³-hybridized carbons (Fsp3) is 0.222. The molecule has 3 rings (SSSR count). The van der Waals surface area contributed by atoms with Crippen LogP contribution in [0.1, 0.15) is 34.5 Å². The molecule has 0 aliphatic heterocycles. The number of ether oxygens (including phenoxy) is 1. The zero-order valence-electron chi connectivity index (χ0n) is 14.6. The fourth-order valence-electron chi connectivity index (χ4n) is 2.71. The molecule has 134 valence electrons. The van der Waals surface area contributed by atoms with E-state index in [-0.39, 0.29) is 11.9 Å². The minimum atomic E-state index is -0.283. The van der Waals surface area contributed by atoms with E-state index in [2.05, 4.69) is 20.8 Å². The Morgan fingerprint density at radius 3 is 2.77 bits per heavy atom. The number of benzene rings is 2. The summed E-state index contributed by atoms with van der Waals surface area (Å²) in [5.41, 5.74) is 2.90. The molecule has 1 atom stereocenters. The number of nitrogens with one attached hydrogen (secondary N) is 1. The summed E-state index contributed by atoms with van der Waals surface area (Å²) in [4.78, 5) is 12.9. The molecule has 1 unspecified atom stereocenters. The summed E-state index contributed by atoms with van der Waals surface area (Å²) in [6.45, 7) is 3.89. The molecule has 0 bridgehead atoms. The molecule has 1 heterocycles. The number of rotatable bonds is 5. The van der Waals surface area contributed by atoms with Crippen molar-refractivity contribution < 1.29 is 9.53 Å². The molecule has 0 fully saturated rings. The normalized spacial score (nSPS) is 11.8. The van der Waals surface area contributed by atoms with Crippen molar-refractivity contribution in [2.24, 2.45) is 0 Å². The molecule has 0 saturated carbocycles. The van der Waals surface area contributed by atoms with Gasteiger partial charge in [0.25, 0.3) is 5.91 Å². The molecule has 2 aromatic carbocycles. The molecule has 0 aliphatic rings. The predicted octanol–water partition coefficient (Wildman–Crippen LogP) is 3.12. The molecule has 0 aliphatic carbocycles. The summed E-state index contributed by atoms with van der Waals surface area (Å²) in [5, 5.41) is 14.5. The summed E-state index contributed by atoms with van der Waals surface area (Å²) >= 11 is 6.08. The smallest absolute Gasteiger partial charge is 0.254 e. The van der Waals surface area contributed by atoms with Crippen molar-refractivity contribution in [3.05, 3.63) is 64.4 Å². The van der Waals surface area contributed by atoms with Gasteiger partial charge < -0.3 is 10.1 Å². The number of methoxy groups -OCH3 is 1. The number of aromatic nitrogens is 4. The number of hydrogen-bond acceptors (Lipinski definition) is 5. The lowest BCUT2D eigenvalue weighted by Crippen LogP contribution is -2.28. The van der Waals surface area contributed by atoms with E-state index in [4.69, 9.17) is 16.3 Å². The highest BCUT2D eigenvalue weighted by Gasteiger charge is 2.19. The summed E-state index contributed by atoms with van der Waals surface area (Å²) in [7, 11) is 1.61. The van der Waals surface area contributed by atoms with Gasteiger partial charge in [-0.05, 0) is 48.5 Å². The lowest BCUT2D eigenvalue weighted by Gasteiger charge is -2.19. The van der Waals surface area contributed by atoms with E-state index >= 15 is 0 Å². The molecular formula is C18H18ClN5O2. The zero-order valence-corrected chi connectivity index (χ0v) is 15.4. The van der Waals surface area contributed by atoms with Crippen LogP contribution in [0, 0.1) is 6.92 Å². The van der Waals surface area contributed by atoms with Crippen LogP contribution in [0.25, 0.3) is 5.69 Å². The van der Waals surface area contributed by atoms with Gasteiger partial charge in [0.15, 0.2) is 0 Å². The van der Waals surface area contributed by atoms with Crippen LogP contribution in [0.2, 0.25) is 5.02 Å². The Hall–Kier alpha value is -2.93. The largest absolute Gasteiger partial charge is 0.496 e. The first-order chi connectivity index (χ1) is 12.5. The van der Waals surface area contributed by atoms with Gasteiger partial charge in [-0.15, -0.1) is 5.10 Å². The maximum atomic E-state index is 12.9. The highest BCUT2D eigenvalue weighted by Crippen LogP contribution is 2.27. The fourth-order valence-corrected chi connectivity index (χ4v) is 2.88. The van der Waals surface area contributed by atoms with Gasteiger partial charge in [-0.3, -0.25) is 4.79 Å². The van der Waals surface area contributed by atoms with Crippen molar-refractivity contribution in [1.29, 1.82) is 0 Å². The number of carbonyl (C=O) groups is 1. The van der Waals surface area contributed by atoms with Gasteiger partial charge in [0.2, 0.25) is 0 Å². The number of carbonyl (C=O) groups excluding carboxylic acids is 1. The summed E-state index contributed by atoms with van der Waals surface area (Å²) in [6, 6.07) is 10.5. The first-order valence-corrected chi connectivity index (χ1v) is 8.35. The van der Waals surface area contributed by atoms with Gasteiger partial charge in [0, 0.05) is 10.6 Å². The summed E-state index contributed by atoms with van der Waals surface area (Å²) in [6.07, 6.45) is 1.42. The van der Waals surface area contributed by atoms with Gasteiger partial charge in [-0.25, -0.2) is 0 Å². The molecule has 0 spiro atoms. The van der Waals surface area contributed by atoms with Crippen molar-refractivity contribution in [1.82, 2.24) is 25.5 Å². The number of tetrazole rings is 1. The van der Waals surface area contributed by atoms with Crippen LogP contribution in [0.3, 0.4) is 0 Å². The Balaban J connectivity index is 1.91. The van der Waals surface area contributed by atoms with Gasteiger partial charge in [0.1, 0.15) is 12.1 Å². The van der Waals surface area contributed by atoms with Crippen LogP contribution in [-0.2, 0) is 0 Å². The van der Waals surface area contributed by atoms with Gasteiger partial charge >= 0.3 is 0 Å². The monoisotopic (exact) mass is 371 g/mol. The second-order valence-corrected chi connectivity index (χ2v) is 6.29. The Labute approximate surface area is 155 Å². The Bertz CT molecular complexity index is 927. The lowest BCUT2D eigenvalue weighted by atomic mass is 10.0. The summed E-state index contributed by atoms with van der Waals surface area (Å²) in [5.74, 6) is 0.434. The van der Waals surface area contributed by atoms with E-state index in [9.17, 15) is 4.79 Å². The molecule has 1 aromatic heterocycles. The minimum Gasteiger partial charge on any atom is -0.496 e. The Morgan fingerprint density at radius 2 is 2.08 bits per heavy atom. The SMILES string of the molecule is COc1ccc(C)cc1C(C)NC(=O)c1cc(Cl)ccc1-n1cnnn1. The van der Waals surface area contributed by atoms with Gasteiger partial charge in [0.05, 0.1) is 24.4 Å². The quantitative estimate of drug-likeness (QED) is 0.745.